The topological polar surface area (TPSA) is 81.5 Å². The average molecular weight is 376 g/mol. The Balaban J connectivity index is 1.63. The van der Waals surface area contributed by atoms with Crippen LogP contribution in [0, 0.1) is 17.0 Å². The molecular formula is C22H20N2O4. The number of nitro benzene ring substituents is 1. The van der Waals surface area contributed by atoms with Crippen LogP contribution in [-0.4, -0.2) is 16.9 Å². The Labute approximate surface area is 162 Å². The highest BCUT2D eigenvalue weighted by molar-refractivity contribution is 5.94. The number of nitrogens with one attached hydrogen (secondary N) is 1. The minimum Gasteiger partial charge on any atom is -0.481 e. The summed E-state index contributed by atoms with van der Waals surface area (Å²) in [5.41, 5.74) is 3.28. The molecule has 0 bridgehead atoms. The SMILES string of the molecule is Cc1cc([N+](=O)[O-])ccc1NC(=O)C(C)Oc1ccc(-c2ccccc2)cc1. The number of ether oxygens (including phenoxy) is 1. The fourth-order valence-electron chi connectivity index (χ4n) is 2.75. The van der Waals surface area contributed by atoms with Gasteiger partial charge in [-0.15, -0.1) is 0 Å². The first kappa shape index (κ1) is 19.1. The summed E-state index contributed by atoms with van der Waals surface area (Å²) < 4.78 is 5.72. The summed E-state index contributed by atoms with van der Waals surface area (Å²) in [5.74, 6) is 0.256. The number of aryl methyl sites for hydroxylation is 1. The van der Waals surface area contributed by atoms with Gasteiger partial charge in [-0.1, -0.05) is 42.5 Å². The van der Waals surface area contributed by atoms with Crippen LogP contribution in [0.3, 0.4) is 0 Å². The van der Waals surface area contributed by atoms with Crippen molar-refractivity contribution in [1.82, 2.24) is 0 Å². The monoisotopic (exact) mass is 376 g/mol. The molecule has 0 spiro atoms. The Morgan fingerprint density at radius 1 is 1.00 bits per heavy atom. The standard InChI is InChI=1S/C22H20N2O4/c1-15-14-19(24(26)27)10-13-21(15)23-22(25)16(2)28-20-11-8-18(9-12-20)17-6-4-3-5-7-17/h3-14,16H,1-2H3,(H,23,25). The lowest BCUT2D eigenvalue weighted by Crippen LogP contribution is -2.30. The maximum Gasteiger partial charge on any atom is 0.269 e. The second-order valence-electron chi connectivity index (χ2n) is 6.40. The van der Waals surface area contributed by atoms with Crippen LogP contribution in [0.15, 0.2) is 72.8 Å². The van der Waals surface area contributed by atoms with Gasteiger partial charge in [-0.3, -0.25) is 14.9 Å². The Morgan fingerprint density at radius 2 is 1.64 bits per heavy atom. The van der Waals surface area contributed by atoms with E-state index in [1.807, 2.05) is 54.6 Å². The number of hydrogen-bond acceptors (Lipinski definition) is 4. The molecule has 3 aromatic carbocycles. The van der Waals surface area contributed by atoms with Crippen LogP contribution in [-0.2, 0) is 4.79 Å². The third-order valence-electron chi connectivity index (χ3n) is 4.32. The van der Waals surface area contributed by atoms with E-state index < -0.39 is 11.0 Å². The molecule has 3 aromatic rings. The molecule has 1 atom stereocenters. The van der Waals surface area contributed by atoms with Gasteiger partial charge in [0.05, 0.1) is 4.92 Å². The van der Waals surface area contributed by atoms with E-state index in [-0.39, 0.29) is 11.6 Å². The predicted molar refractivity (Wildman–Crippen MR) is 108 cm³/mol. The van der Waals surface area contributed by atoms with E-state index in [4.69, 9.17) is 4.74 Å². The molecule has 0 radical (unpaired) electrons. The van der Waals surface area contributed by atoms with Crippen LogP contribution in [0.5, 0.6) is 5.75 Å². The van der Waals surface area contributed by atoms with Crippen molar-refractivity contribution in [2.45, 2.75) is 20.0 Å². The van der Waals surface area contributed by atoms with E-state index in [9.17, 15) is 14.9 Å². The van der Waals surface area contributed by atoms with Crippen molar-refractivity contribution in [2.24, 2.45) is 0 Å². The van der Waals surface area contributed by atoms with Crippen molar-refractivity contribution in [1.29, 1.82) is 0 Å². The van der Waals surface area contributed by atoms with Crippen molar-refractivity contribution in [3.05, 3.63) is 88.5 Å². The molecule has 6 heteroatoms. The Hall–Kier alpha value is -3.67. The normalized spacial score (nSPS) is 11.5. The van der Waals surface area contributed by atoms with Crippen LogP contribution in [0.4, 0.5) is 11.4 Å². The molecule has 6 nitrogen and oxygen atoms in total. The third kappa shape index (κ3) is 4.54. The lowest BCUT2D eigenvalue weighted by molar-refractivity contribution is -0.384. The maximum atomic E-state index is 12.4. The molecule has 0 saturated carbocycles. The summed E-state index contributed by atoms with van der Waals surface area (Å²) in [6.07, 6.45) is -0.725. The molecule has 0 heterocycles. The zero-order valence-corrected chi connectivity index (χ0v) is 15.6. The Bertz CT molecular complexity index is 985. The van der Waals surface area contributed by atoms with Gasteiger partial charge >= 0.3 is 0 Å². The predicted octanol–water partition coefficient (Wildman–Crippen LogP) is 4.98. The van der Waals surface area contributed by atoms with E-state index in [2.05, 4.69) is 5.32 Å². The van der Waals surface area contributed by atoms with Gasteiger partial charge in [-0.05, 0) is 48.7 Å². The molecule has 28 heavy (non-hydrogen) atoms. The smallest absolute Gasteiger partial charge is 0.269 e. The van der Waals surface area contributed by atoms with Crippen LogP contribution < -0.4 is 10.1 Å². The molecule has 142 valence electrons. The second kappa shape index (κ2) is 8.35. The van der Waals surface area contributed by atoms with E-state index in [0.717, 1.165) is 11.1 Å². The summed E-state index contributed by atoms with van der Waals surface area (Å²) in [7, 11) is 0. The summed E-state index contributed by atoms with van der Waals surface area (Å²) in [6.45, 7) is 3.36. The zero-order valence-electron chi connectivity index (χ0n) is 15.6. The van der Waals surface area contributed by atoms with Gasteiger partial charge in [-0.2, -0.15) is 0 Å². The highest BCUT2D eigenvalue weighted by atomic mass is 16.6. The first-order valence-corrected chi connectivity index (χ1v) is 8.82. The van der Waals surface area contributed by atoms with Crippen molar-refractivity contribution >= 4 is 17.3 Å². The van der Waals surface area contributed by atoms with E-state index in [1.165, 1.54) is 18.2 Å². The van der Waals surface area contributed by atoms with Gasteiger partial charge in [-0.25, -0.2) is 0 Å². The van der Waals surface area contributed by atoms with Gasteiger partial charge in [0.1, 0.15) is 5.75 Å². The molecule has 0 aliphatic carbocycles. The largest absolute Gasteiger partial charge is 0.481 e. The number of nitro groups is 1. The maximum absolute atomic E-state index is 12.4. The van der Waals surface area contributed by atoms with E-state index in [0.29, 0.717) is 17.0 Å². The number of anilines is 1. The number of carbonyl (C=O) groups excluding carboxylic acids is 1. The van der Waals surface area contributed by atoms with Crippen molar-refractivity contribution in [3.8, 4) is 16.9 Å². The zero-order chi connectivity index (χ0) is 20.1. The van der Waals surface area contributed by atoms with Gasteiger partial charge in [0, 0.05) is 17.8 Å². The van der Waals surface area contributed by atoms with Crippen LogP contribution in [0.25, 0.3) is 11.1 Å². The highest BCUT2D eigenvalue weighted by Gasteiger charge is 2.17. The third-order valence-corrected chi connectivity index (χ3v) is 4.32. The molecule has 0 aliphatic heterocycles. The van der Waals surface area contributed by atoms with Gasteiger partial charge in [0.15, 0.2) is 6.10 Å². The summed E-state index contributed by atoms with van der Waals surface area (Å²) in [6, 6.07) is 21.8. The molecule has 0 fully saturated rings. The van der Waals surface area contributed by atoms with Crippen LogP contribution in [0.2, 0.25) is 0 Å². The van der Waals surface area contributed by atoms with E-state index in [1.54, 1.807) is 13.8 Å². The molecule has 0 aromatic heterocycles. The fraction of sp³-hybridized carbons (Fsp3) is 0.136. The minimum atomic E-state index is -0.725. The van der Waals surface area contributed by atoms with Crippen molar-refractivity contribution in [2.75, 3.05) is 5.32 Å². The molecule has 1 N–H and O–H groups in total. The quantitative estimate of drug-likeness (QED) is 0.486. The van der Waals surface area contributed by atoms with Gasteiger partial charge in [0.25, 0.3) is 11.6 Å². The van der Waals surface area contributed by atoms with Crippen LogP contribution >= 0.6 is 0 Å². The summed E-state index contributed by atoms with van der Waals surface area (Å²) in [5, 5.41) is 13.6. The first-order chi connectivity index (χ1) is 13.4. The number of amides is 1. The van der Waals surface area contributed by atoms with E-state index >= 15 is 0 Å². The molecule has 3 rings (SSSR count). The lowest BCUT2D eigenvalue weighted by Gasteiger charge is -2.16. The Kier molecular flexibility index (Phi) is 5.69. The number of rotatable bonds is 6. The highest BCUT2D eigenvalue weighted by Crippen LogP contribution is 2.24. The second-order valence-corrected chi connectivity index (χ2v) is 6.40. The molecule has 0 aliphatic rings. The van der Waals surface area contributed by atoms with Crippen molar-refractivity contribution in [3.63, 3.8) is 0 Å². The number of non-ortho nitro benzene ring substituents is 1. The average Bonchev–Trinajstić information content (AvgIpc) is 2.70. The lowest BCUT2D eigenvalue weighted by atomic mass is 10.1. The van der Waals surface area contributed by atoms with Crippen LogP contribution in [0.1, 0.15) is 12.5 Å². The van der Waals surface area contributed by atoms with Gasteiger partial charge < -0.3 is 10.1 Å². The van der Waals surface area contributed by atoms with Crippen molar-refractivity contribution < 1.29 is 14.5 Å². The Morgan fingerprint density at radius 3 is 2.25 bits per heavy atom. The number of carbonyl (C=O) groups is 1. The molecular weight excluding hydrogens is 356 g/mol. The molecule has 1 amide bonds. The molecule has 1 unspecified atom stereocenters. The summed E-state index contributed by atoms with van der Waals surface area (Å²) >= 11 is 0. The number of hydrogen-bond donors (Lipinski definition) is 1. The minimum absolute atomic E-state index is 0.0155. The number of nitrogens with zero attached hydrogens (tertiary/aromatic N) is 1. The van der Waals surface area contributed by atoms with Gasteiger partial charge in [0.2, 0.25) is 0 Å². The molecule has 0 saturated heterocycles. The first-order valence-electron chi connectivity index (χ1n) is 8.82. The fourth-order valence-corrected chi connectivity index (χ4v) is 2.75. The summed E-state index contributed by atoms with van der Waals surface area (Å²) in [4.78, 5) is 22.7. The number of benzene rings is 3.